The monoisotopic (exact) mass is 242 g/mol. The van der Waals surface area contributed by atoms with Gasteiger partial charge in [0.2, 0.25) is 0 Å². The smallest absolute Gasteiger partial charge is 0.193 e. The molecule has 0 N–H and O–H groups in total. The van der Waals surface area contributed by atoms with Gasteiger partial charge in [0, 0.05) is 0 Å². The lowest BCUT2D eigenvalue weighted by Gasteiger charge is -2.38. The molecule has 0 saturated heterocycles. The molecule has 0 radical (unpaired) electrons. The van der Waals surface area contributed by atoms with Gasteiger partial charge in [0.05, 0.1) is 0 Å². The van der Waals surface area contributed by atoms with E-state index in [4.69, 9.17) is 4.43 Å². The van der Waals surface area contributed by atoms with Gasteiger partial charge in [0.1, 0.15) is 12.4 Å². The fraction of sp³-hybridized carbons (Fsp3) is 0.769. The Hall–Kier alpha value is -0.413. The van der Waals surface area contributed by atoms with Crippen LogP contribution in [-0.4, -0.2) is 20.7 Å². The van der Waals surface area contributed by atoms with Gasteiger partial charge in [0.25, 0.3) is 0 Å². The summed E-state index contributed by atoms with van der Waals surface area (Å²) in [5.41, 5.74) is 0. The highest BCUT2D eigenvalue weighted by Crippen LogP contribution is 2.37. The van der Waals surface area contributed by atoms with Gasteiger partial charge >= 0.3 is 0 Å². The summed E-state index contributed by atoms with van der Waals surface area (Å²) in [5.74, 6) is 0. The van der Waals surface area contributed by atoms with E-state index >= 15 is 0 Å². The predicted molar refractivity (Wildman–Crippen MR) is 72.2 cm³/mol. The van der Waals surface area contributed by atoms with Crippen LogP contribution in [0.3, 0.4) is 0 Å². The van der Waals surface area contributed by atoms with Gasteiger partial charge in [-0.1, -0.05) is 26.8 Å². The zero-order valence-electron chi connectivity index (χ0n) is 11.4. The molecule has 0 fully saturated rings. The molecule has 0 aromatic heterocycles. The van der Waals surface area contributed by atoms with Gasteiger partial charge in [-0.15, -0.1) is 6.58 Å². The number of carbonyl (C=O) groups is 1. The second kappa shape index (κ2) is 6.35. The third-order valence-electron chi connectivity index (χ3n) is 3.30. The van der Waals surface area contributed by atoms with Crippen molar-refractivity contribution in [1.29, 1.82) is 0 Å². The van der Waals surface area contributed by atoms with Crippen LogP contribution >= 0.6 is 0 Å². The molecule has 2 nitrogen and oxygen atoms in total. The summed E-state index contributed by atoms with van der Waals surface area (Å²) in [6.07, 6.45) is 5.33. The molecule has 0 rings (SSSR count). The van der Waals surface area contributed by atoms with Crippen LogP contribution in [0.15, 0.2) is 12.7 Å². The van der Waals surface area contributed by atoms with Gasteiger partial charge in [-0.05, 0) is 37.4 Å². The van der Waals surface area contributed by atoms with E-state index in [9.17, 15) is 4.79 Å². The number of carbonyl (C=O) groups excluding carboxylic acids is 1. The number of rotatable bonds is 7. The maximum atomic E-state index is 11.0. The molecule has 0 spiro atoms. The highest BCUT2D eigenvalue weighted by molar-refractivity contribution is 6.74. The average molecular weight is 242 g/mol. The van der Waals surface area contributed by atoms with Gasteiger partial charge in [-0.2, -0.15) is 0 Å². The first-order valence-corrected chi connectivity index (χ1v) is 8.89. The van der Waals surface area contributed by atoms with Crippen LogP contribution < -0.4 is 0 Å². The van der Waals surface area contributed by atoms with E-state index in [0.29, 0.717) is 0 Å². The predicted octanol–water partition coefficient (Wildman–Crippen LogP) is 3.93. The maximum Gasteiger partial charge on any atom is 0.193 e. The van der Waals surface area contributed by atoms with E-state index < -0.39 is 8.32 Å². The van der Waals surface area contributed by atoms with Gasteiger partial charge in [-0.3, -0.25) is 0 Å². The van der Waals surface area contributed by atoms with Crippen molar-refractivity contribution in [3.63, 3.8) is 0 Å². The van der Waals surface area contributed by atoms with Gasteiger partial charge < -0.3 is 9.22 Å². The van der Waals surface area contributed by atoms with Crippen LogP contribution in [0.5, 0.6) is 0 Å². The summed E-state index contributed by atoms with van der Waals surface area (Å²) < 4.78 is 6.03. The van der Waals surface area contributed by atoms with Crippen molar-refractivity contribution in [2.24, 2.45) is 0 Å². The van der Waals surface area contributed by atoms with Gasteiger partial charge in [0.15, 0.2) is 8.32 Å². The van der Waals surface area contributed by atoms with E-state index in [1.165, 1.54) is 0 Å². The highest BCUT2D eigenvalue weighted by atomic mass is 28.4. The molecule has 0 heterocycles. The van der Waals surface area contributed by atoms with Crippen LogP contribution in [0.4, 0.5) is 0 Å². The Morgan fingerprint density at radius 2 is 1.94 bits per heavy atom. The Bertz CT molecular complexity index is 229. The van der Waals surface area contributed by atoms with Crippen molar-refractivity contribution in [2.75, 3.05) is 0 Å². The largest absolute Gasteiger partial charge is 0.407 e. The van der Waals surface area contributed by atoms with E-state index in [1.54, 1.807) is 0 Å². The van der Waals surface area contributed by atoms with Crippen molar-refractivity contribution >= 4 is 14.6 Å². The molecule has 16 heavy (non-hydrogen) atoms. The Balaban J connectivity index is 4.30. The summed E-state index contributed by atoms with van der Waals surface area (Å²) in [4.78, 5) is 11.0. The minimum Gasteiger partial charge on any atom is -0.407 e. The first-order chi connectivity index (χ1) is 7.24. The number of hydrogen-bond acceptors (Lipinski definition) is 2. The zero-order valence-corrected chi connectivity index (χ0v) is 12.4. The fourth-order valence-corrected chi connectivity index (χ4v) is 2.46. The normalized spacial score (nSPS) is 14.6. The molecular formula is C13H26O2Si. The van der Waals surface area contributed by atoms with E-state index in [-0.39, 0.29) is 11.1 Å². The highest BCUT2D eigenvalue weighted by Gasteiger charge is 2.38. The molecule has 0 saturated carbocycles. The first-order valence-electron chi connectivity index (χ1n) is 5.98. The van der Waals surface area contributed by atoms with Crippen LogP contribution in [0.25, 0.3) is 0 Å². The number of hydrogen-bond donors (Lipinski definition) is 0. The molecule has 0 aromatic carbocycles. The first kappa shape index (κ1) is 15.6. The Labute approximate surface area is 101 Å². The Kier molecular flexibility index (Phi) is 6.19. The minimum absolute atomic E-state index is 0.159. The third kappa shape index (κ3) is 5.08. The molecule has 0 aliphatic carbocycles. The van der Waals surface area contributed by atoms with Crippen molar-refractivity contribution < 1.29 is 9.22 Å². The number of allylic oxidation sites excluding steroid dienone is 1. The zero-order chi connectivity index (χ0) is 12.8. The van der Waals surface area contributed by atoms with E-state index in [0.717, 1.165) is 25.5 Å². The molecule has 3 heteroatoms. The molecule has 0 aromatic rings. The molecule has 1 atom stereocenters. The molecule has 0 bridgehead atoms. The average Bonchev–Trinajstić information content (AvgIpc) is 2.14. The van der Waals surface area contributed by atoms with Crippen LogP contribution in [0, 0.1) is 0 Å². The standard InChI is InChI=1S/C13H26O2Si/c1-7-8-9-10-12(11-14)15-16(5,6)13(2,3)4/h7,11-12H,1,8-10H2,2-6H3. The molecular weight excluding hydrogens is 216 g/mol. The Morgan fingerprint density at radius 3 is 2.31 bits per heavy atom. The van der Waals surface area contributed by atoms with E-state index in [2.05, 4.69) is 40.4 Å². The summed E-state index contributed by atoms with van der Waals surface area (Å²) >= 11 is 0. The molecule has 1 unspecified atom stereocenters. The molecule has 0 aliphatic heterocycles. The summed E-state index contributed by atoms with van der Waals surface area (Å²) in [7, 11) is -1.81. The summed E-state index contributed by atoms with van der Waals surface area (Å²) in [6.45, 7) is 14.6. The van der Waals surface area contributed by atoms with Crippen LogP contribution in [0.2, 0.25) is 18.1 Å². The Morgan fingerprint density at radius 1 is 1.38 bits per heavy atom. The lowest BCUT2D eigenvalue weighted by Crippen LogP contribution is -2.44. The van der Waals surface area contributed by atoms with E-state index in [1.807, 2.05) is 6.08 Å². The summed E-state index contributed by atoms with van der Waals surface area (Å²) in [6, 6.07) is 0. The van der Waals surface area contributed by atoms with Crippen LogP contribution in [-0.2, 0) is 9.22 Å². The fourth-order valence-electron chi connectivity index (χ4n) is 1.17. The number of aldehydes is 1. The van der Waals surface area contributed by atoms with Crippen LogP contribution in [0.1, 0.15) is 40.0 Å². The summed E-state index contributed by atoms with van der Waals surface area (Å²) in [5, 5.41) is 0.159. The van der Waals surface area contributed by atoms with Gasteiger partial charge in [-0.25, -0.2) is 0 Å². The third-order valence-corrected chi connectivity index (χ3v) is 7.81. The number of unbranched alkanes of at least 4 members (excludes halogenated alkanes) is 1. The molecule has 94 valence electrons. The van der Waals surface area contributed by atoms with Crippen molar-refractivity contribution in [1.82, 2.24) is 0 Å². The maximum absolute atomic E-state index is 11.0. The SMILES string of the molecule is C=CCCCC(C=O)O[Si](C)(C)C(C)(C)C. The quantitative estimate of drug-likeness (QED) is 0.293. The minimum atomic E-state index is -1.81. The lowest BCUT2D eigenvalue weighted by atomic mass is 10.2. The van der Waals surface area contributed by atoms with Crippen molar-refractivity contribution in [3.05, 3.63) is 12.7 Å². The topological polar surface area (TPSA) is 26.3 Å². The molecule has 0 aliphatic rings. The van der Waals surface area contributed by atoms with Crippen molar-refractivity contribution in [2.45, 2.75) is 64.3 Å². The second-order valence-corrected chi connectivity index (χ2v) is 10.5. The van der Waals surface area contributed by atoms with Crippen molar-refractivity contribution in [3.8, 4) is 0 Å². The molecule has 0 amide bonds. The second-order valence-electron chi connectivity index (χ2n) is 5.77. The lowest BCUT2D eigenvalue weighted by molar-refractivity contribution is -0.114.